The highest BCUT2D eigenvalue weighted by molar-refractivity contribution is 5.91. The van der Waals surface area contributed by atoms with E-state index in [0.29, 0.717) is 12.1 Å². The summed E-state index contributed by atoms with van der Waals surface area (Å²) in [4.78, 5) is 18.6. The van der Waals surface area contributed by atoms with Gasteiger partial charge in [-0.25, -0.2) is 4.99 Å². The molecule has 0 aromatic heterocycles. The number of aliphatic imine (C=N–C) groups is 1. The van der Waals surface area contributed by atoms with Crippen molar-refractivity contribution < 1.29 is 4.79 Å². The summed E-state index contributed by atoms with van der Waals surface area (Å²) in [7, 11) is 0. The van der Waals surface area contributed by atoms with Crippen molar-refractivity contribution in [1.82, 2.24) is 4.90 Å². The number of hydrogen-bond donors (Lipinski definition) is 0. The zero-order valence-corrected chi connectivity index (χ0v) is 20.2. The van der Waals surface area contributed by atoms with Gasteiger partial charge in [0.2, 0.25) is 6.41 Å². The standard InChI is InChI=1S/C30H31N3O/c1-4-10-30(32-24(3)23(2)19-25-11-6-5-7-12-25)33(22-34)21-26-15-17-27(18-16-26)29-14-9-8-13-28(29)20-31/h5-9,11-18,22H,4,10,19,21H2,1-3H3/b24-23+,32-30?. The predicted octanol–water partition coefficient (Wildman–Crippen LogP) is 6.92. The van der Waals surface area contributed by atoms with Crippen molar-refractivity contribution in [2.45, 2.75) is 46.6 Å². The van der Waals surface area contributed by atoms with Crippen LogP contribution >= 0.6 is 0 Å². The van der Waals surface area contributed by atoms with Gasteiger partial charge in [0.25, 0.3) is 0 Å². The van der Waals surface area contributed by atoms with Gasteiger partial charge in [0.05, 0.1) is 18.2 Å². The summed E-state index contributed by atoms with van der Waals surface area (Å²) in [5.74, 6) is 0.779. The molecule has 0 spiro atoms. The molecular formula is C30H31N3O. The summed E-state index contributed by atoms with van der Waals surface area (Å²) >= 11 is 0. The maximum Gasteiger partial charge on any atom is 0.215 e. The zero-order valence-electron chi connectivity index (χ0n) is 20.2. The fraction of sp³-hybridized carbons (Fsp3) is 0.233. The second-order valence-electron chi connectivity index (χ2n) is 8.39. The highest BCUT2D eigenvalue weighted by Crippen LogP contribution is 2.24. The van der Waals surface area contributed by atoms with Gasteiger partial charge in [-0.1, -0.05) is 79.7 Å². The van der Waals surface area contributed by atoms with E-state index < -0.39 is 0 Å². The van der Waals surface area contributed by atoms with Crippen molar-refractivity contribution in [3.8, 4) is 17.2 Å². The van der Waals surface area contributed by atoms with E-state index in [1.54, 1.807) is 4.90 Å². The number of benzene rings is 3. The van der Waals surface area contributed by atoms with Gasteiger partial charge in [-0.05, 0) is 60.6 Å². The zero-order chi connectivity index (χ0) is 24.3. The molecule has 0 fully saturated rings. The first-order valence-corrected chi connectivity index (χ1v) is 11.6. The van der Waals surface area contributed by atoms with E-state index in [1.165, 1.54) is 11.1 Å². The molecule has 0 radical (unpaired) electrons. The molecule has 3 aromatic rings. The minimum atomic E-state index is 0.452. The molecule has 172 valence electrons. The Morgan fingerprint density at radius 1 is 0.941 bits per heavy atom. The molecular weight excluding hydrogens is 418 g/mol. The third-order valence-corrected chi connectivity index (χ3v) is 5.82. The number of amidine groups is 1. The van der Waals surface area contributed by atoms with E-state index in [0.717, 1.165) is 53.9 Å². The van der Waals surface area contributed by atoms with Gasteiger partial charge >= 0.3 is 0 Å². The molecule has 0 bridgehead atoms. The van der Waals surface area contributed by atoms with Crippen LogP contribution in [0.5, 0.6) is 0 Å². The first-order valence-electron chi connectivity index (χ1n) is 11.6. The number of nitriles is 1. The van der Waals surface area contributed by atoms with E-state index in [2.05, 4.69) is 32.0 Å². The SMILES string of the molecule is CCCC(=N/C(C)=C(\C)Cc1ccccc1)N(C=O)Cc1ccc(-c2ccccc2C#N)cc1. The first-order chi connectivity index (χ1) is 16.5. The van der Waals surface area contributed by atoms with Crippen LogP contribution in [-0.4, -0.2) is 17.1 Å². The van der Waals surface area contributed by atoms with Crippen molar-refractivity contribution in [3.63, 3.8) is 0 Å². The molecule has 0 atom stereocenters. The van der Waals surface area contributed by atoms with Crippen LogP contribution < -0.4 is 0 Å². The summed E-state index contributed by atoms with van der Waals surface area (Å²) in [5, 5.41) is 9.38. The number of amides is 1. The van der Waals surface area contributed by atoms with Crippen LogP contribution in [0.4, 0.5) is 0 Å². The van der Waals surface area contributed by atoms with Crippen LogP contribution in [0.1, 0.15) is 50.3 Å². The fourth-order valence-electron chi connectivity index (χ4n) is 3.81. The number of allylic oxidation sites excluding steroid dienone is 2. The Balaban J connectivity index is 1.80. The Morgan fingerprint density at radius 2 is 1.62 bits per heavy atom. The summed E-state index contributed by atoms with van der Waals surface area (Å²) in [6.45, 7) is 6.65. The molecule has 34 heavy (non-hydrogen) atoms. The molecule has 4 nitrogen and oxygen atoms in total. The predicted molar refractivity (Wildman–Crippen MR) is 139 cm³/mol. The Morgan fingerprint density at radius 3 is 2.26 bits per heavy atom. The maximum atomic E-state index is 12.0. The Hall–Kier alpha value is -3.97. The number of nitrogens with zero attached hydrogens (tertiary/aromatic N) is 3. The molecule has 0 saturated carbocycles. The van der Waals surface area contributed by atoms with Crippen LogP contribution in [0.3, 0.4) is 0 Å². The van der Waals surface area contributed by atoms with E-state index in [4.69, 9.17) is 4.99 Å². The third-order valence-electron chi connectivity index (χ3n) is 5.82. The van der Waals surface area contributed by atoms with E-state index in [1.807, 2.05) is 73.7 Å². The van der Waals surface area contributed by atoms with E-state index in [9.17, 15) is 10.1 Å². The molecule has 3 rings (SSSR count). The quantitative estimate of drug-likeness (QED) is 0.202. The summed E-state index contributed by atoms with van der Waals surface area (Å²) in [6, 6.07) is 28.2. The van der Waals surface area contributed by atoms with Crippen molar-refractivity contribution in [2.75, 3.05) is 0 Å². The second kappa shape index (κ2) is 12.3. The van der Waals surface area contributed by atoms with Gasteiger partial charge in [-0.2, -0.15) is 5.26 Å². The summed E-state index contributed by atoms with van der Waals surface area (Å²) in [6.07, 6.45) is 3.33. The molecule has 0 aliphatic rings. The lowest BCUT2D eigenvalue weighted by Crippen LogP contribution is -2.29. The largest absolute Gasteiger partial charge is 0.298 e. The number of carbonyl (C=O) groups excluding carboxylic acids is 1. The van der Waals surface area contributed by atoms with Crippen molar-refractivity contribution in [1.29, 1.82) is 5.26 Å². The highest BCUT2D eigenvalue weighted by atomic mass is 16.1. The normalized spacial score (nSPS) is 12.0. The highest BCUT2D eigenvalue weighted by Gasteiger charge is 2.12. The van der Waals surface area contributed by atoms with Crippen LogP contribution in [0.25, 0.3) is 11.1 Å². The van der Waals surface area contributed by atoms with Crippen LogP contribution in [0, 0.1) is 11.3 Å². The Bertz CT molecular complexity index is 1200. The van der Waals surface area contributed by atoms with Crippen molar-refractivity contribution >= 4 is 12.2 Å². The van der Waals surface area contributed by atoms with Crippen molar-refractivity contribution in [3.05, 3.63) is 107 Å². The molecule has 4 heteroatoms. The smallest absolute Gasteiger partial charge is 0.215 e. The summed E-state index contributed by atoms with van der Waals surface area (Å²) in [5.41, 5.74) is 6.93. The topological polar surface area (TPSA) is 56.5 Å². The molecule has 0 aliphatic heterocycles. The Labute approximate surface area is 202 Å². The van der Waals surface area contributed by atoms with Gasteiger partial charge < -0.3 is 0 Å². The molecule has 0 heterocycles. The lowest BCUT2D eigenvalue weighted by Gasteiger charge is -2.20. The van der Waals surface area contributed by atoms with Gasteiger partial charge in [-0.15, -0.1) is 0 Å². The molecule has 0 saturated heterocycles. The van der Waals surface area contributed by atoms with Crippen LogP contribution in [0.15, 0.2) is 95.1 Å². The van der Waals surface area contributed by atoms with Gasteiger partial charge in [0.15, 0.2) is 0 Å². The van der Waals surface area contributed by atoms with E-state index >= 15 is 0 Å². The number of rotatable bonds is 9. The van der Waals surface area contributed by atoms with E-state index in [-0.39, 0.29) is 0 Å². The lowest BCUT2D eigenvalue weighted by atomic mass is 9.99. The van der Waals surface area contributed by atoms with Crippen LogP contribution in [0.2, 0.25) is 0 Å². The average molecular weight is 450 g/mol. The molecule has 0 aliphatic carbocycles. The lowest BCUT2D eigenvalue weighted by molar-refractivity contribution is -0.115. The van der Waals surface area contributed by atoms with Gasteiger partial charge in [0, 0.05) is 12.1 Å². The van der Waals surface area contributed by atoms with Gasteiger partial charge in [0.1, 0.15) is 5.84 Å². The second-order valence-corrected chi connectivity index (χ2v) is 8.39. The monoisotopic (exact) mass is 449 g/mol. The van der Waals surface area contributed by atoms with Crippen LogP contribution in [-0.2, 0) is 17.8 Å². The molecule has 0 unspecified atom stereocenters. The molecule has 1 amide bonds. The third kappa shape index (κ3) is 6.52. The first kappa shape index (κ1) is 24.7. The molecule has 3 aromatic carbocycles. The Kier molecular flexibility index (Phi) is 8.94. The van der Waals surface area contributed by atoms with Gasteiger partial charge in [-0.3, -0.25) is 9.69 Å². The molecule has 0 N–H and O–H groups in total. The summed E-state index contributed by atoms with van der Waals surface area (Å²) < 4.78 is 0. The maximum absolute atomic E-state index is 12.0. The number of carbonyl (C=O) groups is 1. The fourth-order valence-corrected chi connectivity index (χ4v) is 3.81. The number of hydrogen-bond acceptors (Lipinski definition) is 3. The minimum absolute atomic E-state index is 0.452. The average Bonchev–Trinajstić information content (AvgIpc) is 2.88. The minimum Gasteiger partial charge on any atom is -0.298 e. The van der Waals surface area contributed by atoms with Crippen molar-refractivity contribution in [2.24, 2.45) is 4.99 Å².